The molecular weight excluding hydrogens is 298 g/mol. The third-order valence-electron chi connectivity index (χ3n) is 3.05. The highest BCUT2D eigenvalue weighted by Crippen LogP contribution is 2.15. The van der Waals surface area contributed by atoms with Gasteiger partial charge in [-0.3, -0.25) is 14.8 Å². The summed E-state index contributed by atoms with van der Waals surface area (Å²) in [6.45, 7) is 1.22. The number of amidine groups is 1. The van der Waals surface area contributed by atoms with Gasteiger partial charge < -0.3 is 10.1 Å². The Bertz CT molecular complexity index is 672. The highest BCUT2D eigenvalue weighted by molar-refractivity contribution is 8.14. The maximum absolute atomic E-state index is 12.0. The van der Waals surface area contributed by atoms with Crippen LogP contribution in [0.5, 0.6) is 5.75 Å². The SMILES string of the molecule is O=C(NC1=NCCS1)c1ccc(OCc2cccnc2)cc1. The Morgan fingerprint density at radius 3 is 2.82 bits per heavy atom. The van der Waals surface area contributed by atoms with Crippen molar-refractivity contribution in [3.05, 3.63) is 59.9 Å². The predicted octanol–water partition coefficient (Wildman–Crippen LogP) is 2.49. The van der Waals surface area contributed by atoms with E-state index in [0.29, 0.717) is 23.1 Å². The first-order valence-corrected chi connectivity index (χ1v) is 7.90. The van der Waals surface area contributed by atoms with Gasteiger partial charge in [0.1, 0.15) is 12.4 Å². The molecular formula is C16H15N3O2S. The predicted molar refractivity (Wildman–Crippen MR) is 87.2 cm³/mol. The molecule has 1 aliphatic rings. The van der Waals surface area contributed by atoms with Gasteiger partial charge in [0.2, 0.25) is 0 Å². The van der Waals surface area contributed by atoms with E-state index in [0.717, 1.165) is 17.9 Å². The van der Waals surface area contributed by atoms with Gasteiger partial charge in [0.05, 0.1) is 6.54 Å². The number of thioether (sulfide) groups is 1. The van der Waals surface area contributed by atoms with Gasteiger partial charge in [0.25, 0.3) is 5.91 Å². The molecule has 0 spiro atoms. The number of hydrogen-bond acceptors (Lipinski definition) is 5. The highest BCUT2D eigenvalue weighted by atomic mass is 32.2. The van der Waals surface area contributed by atoms with Crippen molar-refractivity contribution in [1.82, 2.24) is 10.3 Å². The monoisotopic (exact) mass is 313 g/mol. The number of ether oxygens (including phenoxy) is 1. The average Bonchev–Trinajstić information content (AvgIpc) is 3.07. The molecule has 0 aliphatic carbocycles. The number of rotatable bonds is 4. The summed E-state index contributed by atoms with van der Waals surface area (Å²) in [4.78, 5) is 20.3. The number of pyridine rings is 1. The van der Waals surface area contributed by atoms with Crippen LogP contribution >= 0.6 is 11.8 Å². The largest absolute Gasteiger partial charge is 0.489 e. The fourth-order valence-electron chi connectivity index (χ4n) is 1.93. The Morgan fingerprint density at radius 1 is 1.27 bits per heavy atom. The van der Waals surface area contributed by atoms with Crippen LogP contribution in [0.15, 0.2) is 53.8 Å². The van der Waals surface area contributed by atoms with E-state index in [1.165, 1.54) is 0 Å². The maximum atomic E-state index is 12.0. The smallest absolute Gasteiger partial charge is 0.257 e. The summed E-state index contributed by atoms with van der Waals surface area (Å²) in [5.41, 5.74) is 1.59. The van der Waals surface area contributed by atoms with Crippen LogP contribution in [0.1, 0.15) is 15.9 Å². The molecule has 0 radical (unpaired) electrons. The number of hydrogen-bond donors (Lipinski definition) is 1. The zero-order valence-corrected chi connectivity index (χ0v) is 12.7. The van der Waals surface area contributed by atoms with Crippen LogP contribution in [0.3, 0.4) is 0 Å². The van der Waals surface area contributed by atoms with Crippen molar-refractivity contribution in [2.75, 3.05) is 12.3 Å². The van der Waals surface area contributed by atoms with E-state index in [4.69, 9.17) is 4.74 Å². The fraction of sp³-hybridized carbons (Fsp3) is 0.188. The molecule has 2 aromatic rings. The average molecular weight is 313 g/mol. The topological polar surface area (TPSA) is 63.6 Å². The molecule has 0 atom stereocenters. The van der Waals surface area contributed by atoms with E-state index in [1.54, 1.807) is 48.4 Å². The fourth-order valence-corrected chi connectivity index (χ4v) is 2.66. The quantitative estimate of drug-likeness (QED) is 0.942. The lowest BCUT2D eigenvalue weighted by atomic mass is 10.2. The van der Waals surface area contributed by atoms with Gasteiger partial charge in [-0.25, -0.2) is 0 Å². The Labute approximate surface area is 132 Å². The molecule has 0 fully saturated rings. The summed E-state index contributed by atoms with van der Waals surface area (Å²) in [6, 6.07) is 10.9. The van der Waals surface area contributed by atoms with Crippen LogP contribution in [-0.4, -0.2) is 28.4 Å². The summed E-state index contributed by atoms with van der Waals surface area (Å²) in [7, 11) is 0. The lowest BCUT2D eigenvalue weighted by Crippen LogP contribution is -2.27. The molecule has 6 heteroatoms. The van der Waals surface area contributed by atoms with Crippen LogP contribution in [0, 0.1) is 0 Å². The molecule has 0 unspecified atom stereocenters. The number of nitrogens with one attached hydrogen (secondary N) is 1. The Balaban J connectivity index is 1.56. The van der Waals surface area contributed by atoms with Crippen LogP contribution in [0.4, 0.5) is 0 Å². The Kier molecular flexibility index (Phi) is 4.70. The molecule has 1 aromatic carbocycles. The summed E-state index contributed by atoms with van der Waals surface area (Å²) in [6.07, 6.45) is 3.49. The molecule has 112 valence electrons. The van der Waals surface area contributed by atoms with Gasteiger partial charge in [-0.05, 0) is 30.3 Å². The van der Waals surface area contributed by atoms with Crippen molar-refractivity contribution in [1.29, 1.82) is 0 Å². The summed E-state index contributed by atoms with van der Waals surface area (Å²) >= 11 is 1.56. The zero-order valence-electron chi connectivity index (χ0n) is 11.9. The second-order valence-corrected chi connectivity index (χ2v) is 5.75. The molecule has 1 aromatic heterocycles. The lowest BCUT2D eigenvalue weighted by Gasteiger charge is -2.07. The molecule has 2 heterocycles. The Hall–Kier alpha value is -2.34. The van der Waals surface area contributed by atoms with Crippen LogP contribution in [-0.2, 0) is 6.61 Å². The minimum absolute atomic E-state index is 0.146. The first kappa shape index (κ1) is 14.6. The molecule has 0 saturated carbocycles. The number of carbonyl (C=O) groups is 1. The number of aromatic nitrogens is 1. The van der Waals surface area contributed by atoms with Gasteiger partial charge in [0, 0.05) is 29.3 Å². The molecule has 22 heavy (non-hydrogen) atoms. The summed E-state index contributed by atoms with van der Waals surface area (Å²) in [5.74, 6) is 1.50. The number of carbonyl (C=O) groups excluding carboxylic acids is 1. The van der Waals surface area contributed by atoms with E-state index in [-0.39, 0.29) is 5.91 Å². The molecule has 5 nitrogen and oxygen atoms in total. The van der Waals surface area contributed by atoms with Crippen molar-refractivity contribution < 1.29 is 9.53 Å². The van der Waals surface area contributed by atoms with Gasteiger partial charge in [-0.1, -0.05) is 17.8 Å². The van der Waals surface area contributed by atoms with Crippen molar-refractivity contribution in [3.8, 4) is 5.75 Å². The molecule has 0 saturated heterocycles. The molecule has 0 bridgehead atoms. The van der Waals surface area contributed by atoms with E-state index in [2.05, 4.69) is 15.3 Å². The standard InChI is InChI=1S/C16H15N3O2S/c20-15(19-16-18-8-9-22-16)13-3-5-14(6-4-13)21-11-12-2-1-7-17-10-12/h1-7,10H,8-9,11H2,(H,18,19,20). The van der Waals surface area contributed by atoms with Crippen molar-refractivity contribution in [3.63, 3.8) is 0 Å². The zero-order chi connectivity index (χ0) is 15.2. The summed E-state index contributed by atoms with van der Waals surface area (Å²) in [5, 5.41) is 3.49. The minimum Gasteiger partial charge on any atom is -0.489 e. The second kappa shape index (κ2) is 7.09. The normalized spacial score (nSPS) is 13.5. The second-order valence-electron chi connectivity index (χ2n) is 4.66. The van der Waals surface area contributed by atoms with Gasteiger partial charge in [0.15, 0.2) is 5.17 Å². The minimum atomic E-state index is -0.146. The van der Waals surface area contributed by atoms with Crippen LogP contribution in [0.2, 0.25) is 0 Å². The molecule has 1 N–H and O–H groups in total. The molecule has 3 rings (SSSR count). The van der Waals surface area contributed by atoms with Crippen molar-refractivity contribution in [2.45, 2.75) is 6.61 Å². The maximum Gasteiger partial charge on any atom is 0.257 e. The molecule has 1 amide bonds. The van der Waals surface area contributed by atoms with Gasteiger partial charge >= 0.3 is 0 Å². The highest BCUT2D eigenvalue weighted by Gasteiger charge is 2.12. The van der Waals surface area contributed by atoms with E-state index >= 15 is 0 Å². The number of benzene rings is 1. The first-order valence-electron chi connectivity index (χ1n) is 6.91. The lowest BCUT2D eigenvalue weighted by molar-refractivity contribution is 0.0978. The Morgan fingerprint density at radius 2 is 2.14 bits per heavy atom. The van der Waals surface area contributed by atoms with Gasteiger partial charge in [-0.15, -0.1) is 0 Å². The number of nitrogens with zero attached hydrogens (tertiary/aromatic N) is 2. The van der Waals surface area contributed by atoms with E-state index < -0.39 is 0 Å². The van der Waals surface area contributed by atoms with E-state index in [1.807, 2.05) is 12.1 Å². The van der Waals surface area contributed by atoms with Crippen molar-refractivity contribution >= 4 is 22.8 Å². The van der Waals surface area contributed by atoms with Crippen molar-refractivity contribution in [2.24, 2.45) is 4.99 Å². The molecule has 1 aliphatic heterocycles. The van der Waals surface area contributed by atoms with Crippen LogP contribution in [0.25, 0.3) is 0 Å². The van der Waals surface area contributed by atoms with E-state index in [9.17, 15) is 4.79 Å². The third-order valence-corrected chi connectivity index (χ3v) is 3.94. The first-order chi connectivity index (χ1) is 10.8. The number of amides is 1. The third kappa shape index (κ3) is 3.85. The van der Waals surface area contributed by atoms with Gasteiger partial charge in [-0.2, -0.15) is 0 Å². The van der Waals surface area contributed by atoms with Crippen LogP contribution < -0.4 is 10.1 Å². The summed E-state index contributed by atoms with van der Waals surface area (Å²) < 4.78 is 5.66. The number of aliphatic imine (C=N–C) groups is 1.